The lowest BCUT2D eigenvalue weighted by Crippen LogP contribution is -2.40. The number of anilines is 6. The topological polar surface area (TPSA) is 6.48 Å². The number of thiophene rings is 2. The number of aryl methyl sites for hydroxylation is 2. The maximum Gasteiger partial charge on any atom is 0.0719 e. The van der Waals surface area contributed by atoms with Crippen LogP contribution < -0.4 is 9.80 Å². The molecule has 0 atom stereocenters. The van der Waals surface area contributed by atoms with Gasteiger partial charge in [0, 0.05) is 59.1 Å². The van der Waals surface area contributed by atoms with E-state index in [-0.39, 0.29) is 5.41 Å². The zero-order valence-corrected chi connectivity index (χ0v) is 41.1. The molecular weight excluding hydrogens is 885 g/mol. The van der Waals surface area contributed by atoms with Crippen molar-refractivity contribution in [2.24, 2.45) is 0 Å². The molecule has 0 saturated heterocycles. The van der Waals surface area contributed by atoms with Crippen molar-refractivity contribution in [3.63, 3.8) is 0 Å². The van der Waals surface area contributed by atoms with Crippen LogP contribution in [0.4, 0.5) is 34.1 Å². The third-order valence-electron chi connectivity index (χ3n) is 15.4. The highest BCUT2D eigenvalue weighted by molar-refractivity contribution is 7.26. The lowest BCUT2D eigenvalue weighted by Gasteiger charge is -2.46. The molecule has 0 unspecified atom stereocenters. The van der Waals surface area contributed by atoms with E-state index in [4.69, 9.17) is 0 Å². The summed E-state index contributed by atoms with van der Waals surface area (Å²) in [4.78, 5) is 5.01. The Hall–Kier alpha value is -7.76. The van der Waals surface area contributed by atoms with Crippen LogP contribution in [0.2, 0.25) is 0 Å². The van der Waals surface area contributed by atoms with Gasteiger partial charge in [-0.05, 0) is 142 Å². The molecule has 4 heteroatoms. The number of hydrogen-bond acceptors (Lipinski definition) is 4. The number of nitrogens with zero attached hydrogens (tertiary/aromatic N) is 2. The van der Waals surface area contributed by atoms with Crippen molar-refractivity contribution in [1.82, 2.24) is 0 Å². The van der Waals surface area contributed by atoms with Gasteiger partial charge < -0.3 is 9.80 Å². The number of rotatable bonds is 6. The second-order valence-electron chi connectivity index (χ2n) is 19.8. The van der Waals surface area contributed by atoms with Crippen molar-refractivity contribution in [2.75, 3.05) is 9.80 Å². The highest BCUT2D eigenvalue weighted by Crippen LogP contribution is 2.63. The van der Waals surface area contributed by atoms with Crippen LogP contribution >= 0.6 is 22.7 Å². The Kier molecular flexibility index (Phi) is 9.05. The van der Waals surface area contributed by atoms with Gasteiger partial charge in [0.1, 0.15) is 0 Å². The van der Waals surface area contributed by atoms with Crippen molar-refractivity contribution < 1.29 is 0 Å². The molecule has 0 N–H and O–H groups in total. The molecule has 2 aliphatic rings. The molecule has 0 fully saturated rings. The van der Waals surface area contributed by atoms with Crippen LogP contribution in [-0.4, -0.2) is 0 Å². The second-order valence-corrected chi connectivity index (χ2v) is 21.9. The highest BCUT2D eigenvalue weighted by atomic mass is 32.1. The average Bonchev–Trinajstić information content (AvgIpc) is 4.06. The zero-order chi connectivity index (χ0) is 46.9. The summed E-state index contributed by atoms with van der Waals surface area (Å²) in [6, 6.07) is 82.6. The fraction of sp³-hybridized carbons (Fsp3) is 0.0909. The number of hydrogen-bond donors (Lipinski definition) is 0. The Balaban J connectivity index is 1.07. The lowest BCUT2D eigenvalue weighted by molar-refractivity contribution is 0.563. The summed E-state index contributed by atoms with van der Waals surface area (Å²) in [6.45, 7) is 9.21. The summed E-state index contributed by atoms with van der Waals surface area (Å²) in [5, 5.41) is 5.17. The molecule has 14 rings (SSSR count). The van der Waals surface area contributed by atoms with Gasteiger partial charge in [-0.2, -0.15) is 0 Å². The predicted octanol–water partition coefficient (Wildman–Crippen LogP) is 19.0. The average molecular weight is 933 g/mol. The van der Waals surface area contributed by atoms with Gasteiger partial charge in [-0.25, -0.2) is 0 Å². The van der Waals surface area contributed by atoms with Gasteiger partial charge in [0.2, 0.25) is 0 Å². The second kappa shape index (κ2) is 15.4. The van der Waals surface area contributed by atoms with E-state index >= 15 is 0 Å². The number of benzene rings is 10. The first-order valence-corrected chi connectivity index (χ1v) is 26.0. The first-order valence-electron chi connectivity index (χ1n) is 24.3. The monoisotopic (exact) mass is 932 g/mol. The van der Waals surface area contributed by atoms with E-state index in [1.54, 1.807) is 0 Å². The molecule has 2 aromatic heterocycles. The third-order valence-corrected chi connectivity index (χ3v) is 17.8. The largest absolute Gasteiger partial charge is 0.309 e. The van der Waals surface area contributed by atoms with Gasteiger partial charge in [-0.3, -0.25) is 0 Å². The van der Waals surface area contributed by atoms with Crippen LogP contribution in [-0.2, 0) is 10.8 Å². The van der Waals surface area contributed by atoms with Gasteiger partial charge in [-0.15, -0.1) is 22.7 Å². The van der Waals surface area contributed by atoms with E-state index in [9.17, 15) is 0 Å². The summed E-state index contributed by atoms with van der Waals surface area (Å²) in [6.07, 6.45) is 0. The standard InChI is InChI=1S/C66H48N2S2/c1-41-17-13-19-43(37-41)67(59-29-15-23-49-47-21-5-11-31-61(47)69-63(49)59)45-33-35-53-51(39-45)52-40-46(34-36-54(52)66(53)57-27-9-7-25-55(57)65(3,4)56-26-8-10-28-58(56)66)68(44-20-14-18-42(2)38-44)60-30-16-24-50-48-22-6-12-32-62(48)70-64(50)60/h5-40H,1-4H3. The van der Waals surface area contributed by atoms with E-state index in [2.05, 4.69) is 256 Å². The molecule has 10 aromatic carbocycles. The summed E-state index contributed by atoms with van der Waals surface area (Å²) in [5.74, 6) is 0. The van der Waals surface area contributed by atoms with Crippen LogP contribution in [0, 0.1) is 13.8 Å². The van der Waals surface area contributed by atoms with Crippen LogP contribution in [0.5, 0.6) is 0 Å². The molecule has 0 amide bonds. The fourth-order valence-electron chi connectivity index (χ4n) is 12.4. The Morgan fingerprint density at radius 2 is 0.714 bits per heavy atom. The minimum absolute atomic E-state index is 0.197. The summed E-state index contributed by atoms with van der Waals surface area (Å²) < 4.78 is 5.17. The van der Waals surface area contributed by atoms with Gasteiger partial charge in [0.15, 0.2) is 0 Å². The van der Waals surface area contributed by atoms with E-state index in [1.165, 1.54) is 107 Å². The molecule has 2 heterocycles. The van der Waals surface area contributed by atoms with Crippen molar-refractivity contribution in [3.8, 4) is 11.1 Å². The smallest absolute Gasteiger partial charge is 0.0719 e. The molecule has 334 valence electrons. The fourth-order valence-corrected chi connectivity index (χ4v) is 14.8. The van der Waals surface area contributed by atoms with Gasteiger partial charge in [0.25, 0.3) is 0 Å². The van der Waals surface area contributed by atoms with Crippen molar-refractivity contribution >= 4 is 97.1 Å². The molecule has 70 heavy (non-hydrogen) atoms. The van der Waals surface area contributed by atoms with Crippen molar-refractivity contribution in [2.45, 2.75) is 38.5 Å². The highest BCUT2D eigenvalue weighted by Gasteiger charge is 2.53. The molecular formula is C66H48N2S2. The molecule has 1 spiro atoms. The van der Waals surface area contributed by atoms with Crippen molar-refractivity contribution in [3.05, 3.63) is 263 Å². The van der Waals surface area contributed by atoms with Crippen LogP contribution in [0.3, 0.4) is 0 Å². The van der Waals surface area contributed by atoms with E-state index in [1.807, 2.05) is 22.7 Å². The Morgan fingerprint density at radius 3 is 1.17 bits per heavy atom. The first kappa shape index (κ1) is 41.2. The zero-order valence-electron chi connectivity index (χ0n) is 39.5. The molecule has 0 radical (unpaired) electrons. The molecule has 2 nitrogen and oxygen atoms in total. The molecule has 0 bridgehead atoms. The minimum atomic E-state index is -0.552. The summed E-state index contributed by atoms with van der Waals surface area (Å²) in [7, 11) is 0. The van der Waals surface area contributed by atoms with E-state index in [0.717, 1.165) is 22.7 Å². The Morgan fingerprint density at radius 1 is 0.329 bits per heavy atom. The van der Waals surface area contributed by atoms with Crippen molar-refractivity contribution in [1.29, 1.82) is 0 Å². The first-order chi connectivity index (χ1) is 34.3. The molecule has 0 aliphatic heterocycles. The summed E-state index contributed by atoms with van der Waals surface area (Å²) in [5.41, 5.74) is 19.2. The SMILES string of the molecule is Cc1cccc(N(c2ccc3c(c2)-c2cc(N(c4cccc(C)c4)c4cccc5c4sc4ccccc45)ccc2C32c3ccccc3C(C)(C)c3ccccc32)c2cccc3c2sc2ccccc23)c1. The normalized spacial score (nSPS) is 13.9. The molecule has 2 aliphatic carbocycles. The van der Waals surface area contributed by atoms with Crippen LogP contribution in [0.25, 0.3) is 51.5 Å². The van der Waals surface area contributed by atoms with Gasteiger partial charge in [-0.1, -0.05) is 159 Å². The minimum Gasteiger partial charge on any atom is -0.309 e. The lowest BCUT2D eigenvalue weighted by atomic mass is 9.55. The quantitative estimate of drug-likeness (QED) is 0.164. The van der Waals surface area contributed by atoms with Gasteiger partial charge in [0.05, 0.1) is 26.2 Å². The predicted molar refractivity (Wildman–Crippen MR) is 300 cm³/mol. The van der Waals surface area contributed by atoms with E-state index < -0.39 is 5.41 Å². The summed E-state index contributed by atoms with van der Waals surface area (Å²) >= 11 is 3.77. The Labute approximate surface area is 417 Å². The van der Waals surface area contributed by atoms with Crippen LogP contribution in [0.1, 0.15) is 58.4 Å². The Bertz CT molecular complexity index is 3850. The number of fused-ring (bicyclic) bond motifs is 15. The maximum absolute atomic E-state index is 2.51. The molecule has 0 saturated carbocycles. The van der Waals surface area contributed by atoms with Crippen LogP contribution in [0.15, 0.2) is 218 Å². The maximum atomic E-state index is 2.51. The van der Waals surface area contributed by atoms with Gasteiger partial charge >= 0.3 is 0 Å². The molecule has 12 aromatic rings. The van der Waals surface area contributed by atoms with E-state index in [0.29, 0.717) is 0 Å². The third kappa shape index (κ3) is 5.84.